The molecule has 1 saturated carbocycles. The van der Waals surface area contributed by atoms with E-state index >= 15 is 0 Å². The molecule has 0 atom stereocenters. The van der Waals surface area contributed by atoms with Gasteiger partial charge in [0.05, 0.1) is 21.3 Å². The first-order chi connectivity index (χ1) is 14.9. The molecule has 1 fully saturated rings. The number of sulfonamides is 1. The molecule has 1 aromatic heterocycles. The number of benzene rings is 2. The van der Waals surface area contributed by atoms with Gasteiger partial charge in [-0.3, -0.25) is 4.72 Å². The SMILES string of the molecule is COc1ccc2c(c1)-c1onc(NS(=O)(=O)c3c(OC)cccc3OC)c1CC21CC1. The minimum atomic E-state index is -4.06. The molecule has 0 amide bonds. The van der Waals surface area contributed by atoms with Crippen LogP contribution in [0.3, 0.4) is 0 Å². The minimum Gasteiger partial charge on any atom is -0.497 e. The number of aromatic nitrogens is 1. The average molecular weight is 442 g/mol. The molecule has 1 spiro atoms. The molecule has 3 aromatic rings. The van der Waals surface area contributed by atoms with Gasteiger partial charge in [0.2, 0.25) is 0 Å². The Hall–Kier alpha value is -3.20. The number of methoxy groups -OCH3 is 3. The lowest BCUT2D eigenvalue weighted by Gasteiger charge is -2.25. The second-order valence-electron chi connectivity index (χ2n) is 7.80. The Morgan fingerprint density at radius 2 is 1.74 bits per heavy atom. The maximum Gasteiger partial charge on any atom is 0.270 e. The predicted octanol–water partition coefficient (Wildman–Crippen LogP) is 3.76. The van der Waals surface area contributed by atoms with E-state index in [0.717, 1.165) is 24.0 Å². The third-order valence-electron chi connectivity index (χ3n) is 6.08. The topological polar surface area (TPSA) is 99.9 Å². The van der Waals surface area contributed by atoms with Crippen LogP contribution >= 0.6 is 0 Å². The summed E-state index contributed by atoms with van der Waals surface area (Å²) in [4.78, 5) is -0.0873. The number of hydrogen-bond acceptors (Lipinski definition) is 7. The molecule has 0 saturated heterocycles. The molecule has 162 valence electrons. The van der Waals surface area contributed by atoms with E-state index in [2.05, 4.69) is 15.9 Å². The lowest BCUT2D eigenvalue weighted by atomic mass is 9.79. The van der Waals surface area contributed by atoms with Crippen LogP contribution in [0.15, 0.2) is 45.8 Å². The molecule has 1 heterocycles. The van der Waals surface area contributed by atoms with Gasteiger partial charge in [-0.15, -0.1) is 0 Å². The highest BCUT2D eigenvalue weighted by Gasteiger charge is 2.50. The van der Waals surface area contributed by atoms with Gasteiger partial charge in [-0.25, -0.2) is 8.42 Å². The lowest BCUT2D eigenvalue weighted by Crippen LogP contribution is -2.20. The van der Waals surface area contributed by atoms with E-state index in [4.69, 9.17) is 18.7 Å². The molecule has 8 nitrogen and oxygen atoms in total. The van der Waals surface area contributed by atoms with E-state index in [-0.39, 0.29) is 27.6 Å². The first-order valence-electron chi connectivity index (χ1n) is 9.84. The average Bonchev–Trinajstić information content (AvgIpc) is 3.45. The molecule has 5 rings (SSSR count). The van der Waals surface area contributed by atoms with E-state index < -0.39 is 10.0 Å². The standard InChI is InChI=1S/C22H22N2O6S/c1-27-13-7-8-16-14(11-13)19-15(12-22(16)9-10-22)21(23-30-19)24-31(25,26)20-17(28-2)5-4-6-18(20)29-3/h4-8,11H,9-10,12H2,1-3H3,(H,23,24). The van der Waals surface area contributed by atoms with Crippen LogP contribution in [0.2, 0.25) is 0 Å². The Morgan fingerprint density at radius 3 is 2.35 bits per heavy atom. The molecule has 9 heteroatoms. The van der Waals surface area contributed by atoms with E-state index in [1.54, 1.807) is 25.3 Å². The van der Waals surface area contributed by atoms with Gasteiger partial charge >= 0.3 is 0 Å². The zero-order chi connectivity index (χ0) is 21.8. The maximum absolute atomic E-state index is 13.3. The van der Waals surface area contributed by atoms with Crippen LogP contribution in [-0.2, 0) is 21.9 Å². The molecule has 2 aliphatic rings. The summed E-state index contributed by atoms with van der Waals surface area (Å²) in [6.07, 6.45) is 2.72. The van der Waals surface area contributed by atoms with Crippen LogP contribution in [0.5, 0.6) is 17.2 Å². The van der Waals surface area contributed by atoms with Crippen molar-refractivity contribution in [2.75, 3.05) is 26.1 Å². The summed E-state index contributed by atoms with van der Waals surface area (Å²) in [6, 6.07) is 10.7. The van der Waals surface area contributed by atoms with Crippen molar-refractivity contribution < 1.29 is 27.2 Å². The molecule has 0 aliphatic heterocycles. The molecule has 0 radical (unpaired) electrons. The smallest absolute Gasteiger partial charge is 0.270 e. The third kappa shape index (κ3) is 3.03. The quantitative estimate of drug-likeness (QED) is 0.620. The van der Waals surface area contributed by atoms with Gasteiger partial charge in [-0.2, -0.15) is 0 Å². The summed E-state index contributed by atoms with van der Waals surface area (Å²) >= 11 is 0. The van der Waals surface area contributed by atoms with Gasteiger partial charge in [-0.1, -0.05) is 17.3 Å². The fourth-order valence-corrected chi connectivity index (χ4v) is 5.71. The molecule has 0 unspecified atom stereocenters. The van der Waals surface area contributed by atoms with Crippen molar-refractivity contribution in [1.29, 1.82) is 0 Å². The summed E-state index contributed by atoms with van der Waals surface area (Å²) in [5, 5.41) is 4.08. The monoisotopic (exact) mass is 442 g/mol. The highest BCUT2D eigenvalue weighted by atomic mass is 32.2. The summed E-state index contributed by atoms with van der Waals surface area (Å²) in [6.45, 7) is 0. The Morgan fingerprint density at radius 1 is 1.03 bits per heavy atom. The fraction of sp³-hybridized carbons (Fsp3) is 0.318. The first-order valence-corrected chi connectivity index (χ1v) is 11.3. The summed E-state index contributed by atoms with van der Waals surface area (Å²) in [5.74, 6) is 1.81. The molecular formula is C22H22N2O6S. The van der Waals surface area contributed by atoms with Gasteiger partial charge in [0.25, 0.3) is 10.0 Å². The van der Waals surface area contributed by atoms with Gasteiger partial charge in [0.1, 0.15) is 17.2 Å². The molecule has 2 aliphatic carbocycles. The van der Waals surface area contributed by atoms with Crippen LogP contribution in [0, 0.1) is 0 Å². The molecule has 1 N–H and O–H groups in total. The van der Waals surface area contributed by atoms with Crippen molar-refractivity contribution in [1.82, 2.24) is 5.16 Å². The lowest BCUT2D eigenvalue weighted by molar-refractivity contribution is 0.373. The van der Waals surface area contributed by atoms with E-state index in [1.165, 1.54) is 19.8 Å². The normalized spacial score (nSPS) is 15.7. The number of hydrogen-bond donors (Lipinski definition) is 1. The highest BCUT2D eigenvalue weighted by molar-refractivity contribution is 7.93. The molecular weight excluding hydrogens is 420 g/mol. The number of nitrogens with one attached hydrogen (secondary N) is 1. The second kappa shape index (κ2) is 6.91. The van der Waals surface area contributed by atoms with Crippen LogP contribution in [0.4, 0.5) is 5.82 Å². The maximum atomic E-state index is 13.3. The Labute approximate surface area is 180 Å². The number of ether oxygens (including phenoxy) is 3. The van der Waals surface area contributed by atoms with Crippen LogP contribution in [-0.4, -0.2) is 34.9 Å². The third-order valence-corrected chi connectivity index (χ3v) is 7.48. The van der Waals surface area contributed by atoms with E-state index in [9.17, 15) is 8.42 Å². The summed E-state index contributed by atoms with van der Waals surface area (Å²) in [7, 11) is 0.373. The van der Waals surface area contributed by atoms with Crippen molar-refractivity contribution in [2.24, 2.45) is 0 Å². The highest BCUT2D eigenvalue weighted by Crippen LogP contribution is 2.58. The van der Waals surface area contributed by atoms with Gasteiger partial charge in [0, 0.05) is 16.5 Å². The Bertz CT molecular complexity index is 1250. The van der Waals surface area contributed by atoms with Gasteiger partial charge in [0.15, 0.2) is 16.5 Å². The van der Waals surface area contributed by atoms with Gasteiger partial charge < -0.3 is 18.7 Å². The van der Waals surface area contributed by atoms with E-state index in [1.807, 2.05) is 12.1 Å². The molecule has 31 heavy (non-hydrogen) atoms. The summed E-state index contributed by atoms with van der Waals surface area (Å²) < 4.78 is 50.7. The largest absolute Gasteiger partial charge is 0.497 e. The zero-order valence-electron chi connectivity index (χ0n) is 17.4. The van der Waals surface area contributed by atoms with Crippen LogP contribution < -0.4 is 18.9 Å². The zero-order valence-corrected chi connectivity index (χ0v) is 18.2. The Balaban J connectivity index is 1.59. The molecule has 0 bridgehead atoms. The van der Waals surface area contributed by atoms with Crippen molar-refractivity contribution >= 4 is 15.8 Å². The van der Waals surface area contributed by atoms with Crippen molar-refractivity contribution in [3.05, 3.63) is 47.5 Å². The minimum absolute atomic E-state index is 0.0114. The van der Waals surface area contributed by atoms with E-state index in [0.29, 0.717) is 17.9 Å². The van der Waals surface area contributed by atoms with Crippen molar-refractivity contribution in [3.8, 4) is 28.6 Å². The first kappa shape index (κ1) is 19.7. The van der Waals surface area contributed by atoms with Gasteiger partial charge in [-0.05, 0) is 49.1 Å². The van der Waals surface area contributed by atoms with Crippen molar-refractivity contribution in [3.63, 3.8) is 0 Å². The second-order valence-corrected chi connectivity index (χ2v) is 9.42. The van der Waals surface area contributed by atoms with Crippen LogP contribution in [0.25, 0.3) is 11.3 Å². The number of rotatable bonds is 6. The number of fused-ring (bicyclic) bond motifs is 4. The fourth-order valence-electron chi connectivity index (χ4n) is 4.36. The van der Waals surface area contributed by atoms with Crippen LogP contribution in [0.1, 0.15) is 24.0 Å². The number of nitrogens with zero attached hydrogens (tertiary/aromatic N) is 1. The molecule has 2 aromatic carbocycles. The Kier molecular flexibility index (Phi) is 4.40. The summed E-state index contributed by atoms with van der Waals surface area (Å²) in [5.41, 5.74) is 2.82. The predicted molar refractivity (Wildman–Crippen MR) is 113 cm³/mol. The van der Waals surface area contributed by atoms with Crippen molar-refractivity contribution in [2.45, 2.75) is 29.6 Å². The number of anilines is 1.